The van der Waals surface area contributed by atoms with Crippen LogP contribution in [-0.2, 0) is 6.54 Å². The number of hydrogen-bond acceptors (Lipinski definition) is 3. The summed E-state index contributed by atoms with van der Waals surface area (Å²) in [6.45, 7) is 2.55. The minimum Gasteiger partial charge on any atom is -0.503 e. The van der Waals surface area contributed by atoms with Gasteiger partial charge in [-0.05, 0) is 36.8 Å². The number of halogens is 2. The predicted molar refractivity (Wildman–Crippen MR) is 91.5 cm³/mol. The van der Waals surface area contributed by atoms with Crippen molar-refractivity contribution < 1.29 is 14.6 Å². The van der Waals surface area contributed by atoms with Crippen molar-refractivity contribution in [3.8, 4) is 11.5 Å². The number of nitrogens with zero attached hydrogens (tertiary/aromatic N) is 1. The van der Waals surface area contributed by atoms with Crippen molar-refractivity contribution in [3.05, 3.63) is 57.6 Å². The molecule has 0 aliphatic rings. The summed E-state index contributed by atoms with van der Waals surface area (Å²) in [4.78, 5) is 14.1. The fourth-order valence-electron chi connectivity index (χ4n) is 2.16. The SMILES string of the molecule is CCOc1cc(C(=O)N(C)Cc2cccc(Cl)c2)cc(Cl)c1O. The molecule has 0 saturated heterocycles. The predicted octanol–water partition coefficient (Wildman–Crippen LogP) is 4.37. The lowest BCUT2D eigenvalue weighted by Crippen LogP contribution is -2.26. The summed E-state index contributed by atoms with van der Waals surface area (Å²) < 4.78 is 5.30. The molecule has 0 aromatic heterocycles. The smallest absolute Gasteiger partial charge is 0.254 e. The topological polar surface area (TPSA) is 49.8 Å². The van der Waals surface area contributed by atoms with E-state index in [4.69, 9.17) is 27.9 Å². The number of amides is 1. The number of benzene rings is 2. The first kappa shape index (κ1) is 17.4. The van der Waals surface area contributed by atoms with Gasteiger partial charge in [-0.1, -0.05) is 35.3 Å². The maximum Gasteiger partial charge on any atom is 0.254 e. The number of aromatic hydroxyl groups is 1. The Bertz CT molecular complexity index is 719. The van der Waals surface area contributed by atoms with Gasteiger partial charge >= 0.3 is 0 Å². The minimum atomic E-state index is -0.229. The molecule has 0 spiro atoms. The lowest BCUT2D eigenvalue weighted by Gasteiger charge is -2.18. The van der Waals surface area contributed by atoms with Gasteiger partial charge in [0.05, 0.1) is 11.6 Å². The third-order valence-electron chi connectivity index (χ3n) is 3.23. The second-order valence-electron chi connectivity index (χ2n) is 5.03. The number of carbonyl (C=O) groups is 1. The Morgan fingerprint density at radius 1 is 1.26 bits per heavy atom. The van der Waals surface area contributed by atoms with Crippen LogP contribution >= 0.6 is 23.2 Å². The van der Waals surface area contributed by atoms with Gasteiger partial charge in [0.1, 0.15) is 0 Å². The van der Waals surface area contributed by atoms with Crippen molar-refractivity contribution in [2.75, 3.05) is 13.7 Å². The van der Waals surface area contributed by atoms with Gasteiger partial charge in [-0.3, -0.25) is 4.79 Å². The van der Waals surface area contributed by atoms with Crippen LogP contribution < -0.4 is 4.74 Å². The molecule has 0 heterocycles. The Morgan fingerprint density at radius 3 is 2.65 bits per heavy atom. The standard InChI is InChI=1S/C17H17Cl2NO3/c1-3-23-15-9-12(8-14(19)16(15)21)17(22)20(2)10-11-5-4-6-13(18)7-11/h4-9,21H,3,10H2,1-2H3. The molecule has 6 heteroatoms. The van der Waals surface area contributed by atoms with Gasteiger partial charge in [-0.15, -0.1) is 0 Å². The normalized spacial score (nSPS) is 10.4. The van der Waals surface area contributed by atoms with Crippen LogP contribution in [0.2, 0.25) is 10.0 Å². The first-order chi connectivity index (χ1) is 10.9. The van der Waals surface area contributed by atoms with E-state index in [0.717, 1.165) is 5.56 Å². The average molecular weight is 354 g/mol. The second-order valence-corrected chi connectivity index (χ2v) is 5.87. The molecule has 2 rings (SSSR count). The van der Waals surface area contributed by atoms with Crippen molar-refractivity contribution >= 4 is 29.1 Å². The number of ether oxygens (including phenoxy) is 1. The van der Waals surface area contributed by atoms with Crippen molar-refractivity contribution in [2.45, 2.75) is 13.5 Å². The number of hydrogen-bond donors (Lipinski definition) is 1. The molecule has 0 saturated carbocycles. The molecule has 23 heavy (non-hydrogen) atoms. The molecular weight excluding hydrogens is 337 g/mol. The highest BCUT2D eigenvalue weighted by Gasteiger charge is 2.17. The second kappa shape index (κ2) is 7.57. The average Bonchev–Trinajstić information content (AvgIpc) is 2.51. The maximum absolute atomic E-state index is 12.6. The molecule has 2 aromatic rings. The summed E-state index contributed by atoms with van der Waals surface area (Å²) in [6, 6.07) is 10.2. The molecule has 0 unspecified atom stereocenters. The molecule has 1 N–H and O–H groups in total. The van der Waals surface area contributed by atoms with E-state index in [0.29, 0.717) is 23.7 Å². The first-order valence-corrected chi connectivity index (χ1v) is 7.83. The molecule has 0 aliphatic carbocycles. The van der Waals surface area contributed by atoms with E-state index >= 15 is 0 Å². The summed E-state index contributed by atoms with van der Waals surface area (Å²) >= 11 is 11.9. The van der Waals surface area contributed by atoms with Crippen molar-refractivity contribution in [1.82, 2.24) is 4.90 Å². The van der Waals surface area contributed by atoms with Crippen LogP contribution in [0.15, 0.2) is 36.4 Å². The lowest BCUT2D eigenvalue weighted by atomic mass is 10.1. The van der Waals surface area contributed by atoms with Crippen LogP contribution in [0.4, 0.5) is 0 Å². The maximum atomic E-state index is 12.6. The van der Waals surface area contributed by atoms with Gasteiger partial charge in [-0.25, -0.2) is 0 Å². The highest BCUT2D eigenvalue weighted by Crippen LogP contribution is 2.35. The summed E-state index contributed by atoms with van der Waals surface area (Å²) in [5.41, 5.74) is 1.27. The van der Waals surface area contributed by atoms with Crippen molar-refractivity contribution in [3.63, 3.8) is 0 Å². The zero-order valence-corrected chi connectivity index (χ0v) is 14.4. The van der Waals surface area contributed by atoms with Gasteiger partial charge in [0.2, 0.25) is 0 Å². The molecule has 4 nitrogen and oxygen atoms in total. The number of phenolic OH excluding ortho intramolecular Hbond substituents is 1. The number of carbonyl (C=O) groups excluding carboxylic acids is 1. The van der Waals surface area contributed by atoms with E-state index in [1.165, 1.54) is 12.1 Å². The molecule has 0 atom stereocenters. The van der Waals surface area contributed by atoms with Crippen molar-refractivity contribution in [1.29, 1.82) is 0 Å². The summed E-state index contributed by atoms with van der Waals surface area (Å²) in [6.07, 6.45) is 0. The number of rotatable bonds is 5. The van der Waals surface area contributed by atoms with Gasteiger partial charge in [0, 0.05) is 24.2 Å². The van der Waals surface area contributed by atoms with E-state index < -0.39 is 0 Å². The van der Waals surface area contributed by atoms with Gasteiger partial charge in [-0.2, -0.15) is 0 Å². The highest BCUT2D eigenvalue weighted by atomic mass is 35.5. The molecule has 0 aliphatic heterocycles. The van der Waals surface area contributed by atoms with E-state index in [1.807, 2.05) is 12.1 Å². The van der Waals surface area contributed by atoms with Crippen LogP contribution in [0, 0.1) is 0 Å². The molecule has 2 aromatic carbocycles. The lowest BCUT2D eigenvalue weighted by molar-refractivity contribution is 0.0784. The summed E-state index contributed by atoms with van der Waals surface area (Å²) in [5, 5.41) is 10.5. The molecule has 0 radical (unpaired) electrons. The number of phenols is 1. The van der Waals surface area contributed by atoms with E-state index in [2.05, 4.69) is 0 Å². The van der Waals surface area contributed by atoms with Crippen LogP contribution in [0.3, 0.4) is 0 Å². The minimum absolute atomic E-state index is 0.0791. The van der Waals surface area contributed by atoms with Crippen LogP contribution in [-0.4, -0.2) is 29.6 Å². The highest BCUT2D eigenvalue weighted by molar-refractivity contribution is 6.32. The molecular formula is C17H17Cl2NO3. The Hall–Kier alpha value is -1.91. The largest absolute Gasteiger partial charge is 0.503 e. The molecule has 0 bridgehead atoms. The monoisotopic (exact) mass is 353 g/mol. The van der Waals surface area contributed by atoms with Gasteiger partial charge in [0.25, 0.3) is 5.91 Å². The molecule has 122 valence electrons. The Balaban J connectivity index is 2.22. The zero-order valence-electron chi connectivity index (χ0n) is 12.8. The van der Waals surface area contributed by atoms with Crippen LogP contribution in [0.1, 0.15) is 22.8 Å². The molecule has 1 amide bonds. The van der Waals surface area contributed by atoms with Crippen LogP contribution in [0.25, 0.3) is 0 Å². The fraction of sp³-hybridized carbons (Fsp3) is 0.235. The van der Waals surface area contributed by atoms with E-state index in [9.17, 15) is 9.90 Å². The quantitative estimate of drug-likeness (QED) is 0.868. The van der Waals surface area contributed by atoms with Crippen molar-refractivity contribution in [2.24, 2.45) is 0 Å². The summed E-state index contributed by atoms with van der Waals surface area (Å²) in [7, 11) is 1.68. The van der Waals surface area contributed by atoms with Gasteiger partial charge in [0.15, 0.2) is 11.5 Å². The fourth-order valence-corrected chi connectivity index (χ4v) is 2.59. The van der Waals surface area contributed by atoms with Gasteiger partial charge < -0.3 is 14.7 Å². The Kier molecular flexibility index (Phi) is 5.74. The summed E-state index contributed by atoms with van der Waals surface area (Å²) in [5.74, 6) is -0.199. The van der Waals surface area contributed by atoms with E-state index in [-0.39, 0.29) is 22.4 Å². The third kappa shape index (κ3) is 4.30. The molecule has 0 fully saturated rings. The Morgan fingerprint density at radius 2 is 2.00 bits per heavy atom. The zero-order chi connectivity index (χ0) is 17.0. The van der Waals surface area contributed by atoms with Crippen LogP contribution in [0.5, 0.6) is 11.5 Å². The first-order valence-electron chi connectivity index (χ1n) is 7.07. The van der Waals surface area contributed by atoms with E-state index in [1.54, 1.807) is 31.0 Å². The third-order valence-corrected chi connectivity index (χ3v) is 3.75. The Labute approximate surface area is 145 Å².